The second kappa shape index (κ2) is 11.8. The third-order valence-corrected chi connectivity index (χ3v) is 6.12. The van der Waals surface area contributed by atoms with Crippen LogP contribution in [0.25, 0.3) is 11.1 Å². The quantitative estimate of drug-likeness (QED) is 0.271. The van der Waals surface area contributed by atoms with Crippen molar-refractivity contribution >= 4 is 23.5 Å². The standard InChI is InChI=1S/C29H26FN7O2/c1-17(20-7-9-23(30)10-8-20)37-29(39)25-11-19(13-31)15-36-27(25)35-14-18-3-5-21(6-4-18)22-12-24(28(38)33-2)26(32)34-16-22/h3-12,15-17H,14H2,1-2H3,(H2,32,34)(H,33,38)(H,35,36)(H,37,39)/t17-/m0/s1. The fraction of sp³-hybridized carbons (Fsp3) is 0.138. The van der Waals surface area contributed by atoms with Crippen molar-refractivity contribution in [1.82, 2.24) is 20.6 Å². The number of hydrogen-bond donors (Lipinski definition) is 4. The molecular weight excluding hydrogens is 497 g/mol. The van der Waals surface area contributed by atoms with E-state index in [1.807, 2.05) is 30.3 Å². The minimum Gasteiger partial charge on any atom is -0.383 e. The molecule has 9 nitrogen and oxygen atoms in total. The van der Waals surface area contributed by atoms with Gasteiger partial charge in [0, 0.05) is 31.5 Å². The van der Waals surface area contributed by atoms with E-state index < -0.39 is 11.9 Å². The Hall–Kier alpha value is -5.30. The van der Waals surface area contributed by atoms with E-state index in [1.165, 1.54) is 31.4 Å². The minimum atomic E-state index is -0.419. The number of nitrogen functional groups attached to an aromatic ring is 1. The van der Waals surface area contributed by atoms with Gasteiger partial charge in [-0.1, -0.05) is 36.4 Å². The molecule has 0 aliphatic heterocycles. The molecule has 4 rings (SSSR count). The summed E-state index contributed by atoms with van der Waals surface area (Å²) in [7, 11) is 1.53. The number of nitrogens with one attached hydrogen (secondary N) is 3. The number of pyridine rings is 2. The average molecular weight is 524 g/mol. The van der Waals surface area contributed by atoms with Crippen LogP contribution < -0.4 is 21.7 Å². The van der Waals surface area contributed by atoms with Crippen LogP contribution in [0.4, 0.5) is 16.0 Å². The van der Waals surface area contributed by atoms with Gasteiger partial charge < -0.3 is 21.7 Å². The van der Waals surface area contributed by atoms with Crippen LogP contribution in [0, 0.1) is 17.1 Å². The summed E-state index contributed by atoms with van der Waals surface area (Å²) in [6.07, 6.45) is 3.00. The van der Waals surface area contributed by atoms with E-state index in [2.05, 4.69) is 25.9 Å². The first-order chi connectivity index (χ1) is 18.8. The topological polar surface area (TPSA) is 146 Å². The number of nitrogens with zero attached hydrogens (tertiary/aromatic N) is 3. The Morgan fingerprint density at radius 1 is 0.974 bits per heavy atom. The van der Waals surface area contributed by atoms with Gasteiger partial charge in [0.25, 0.3) is 11.8 Å². The molecule has 0 aliphatic rings. The van der Waals surface area contributed by atoms with Gasteiger partial charge in [-0.2, -0.15) is 5.26 Å². The highest BCUT2D eigenvalue weighted by Crippen LogP contribution is 2.24. The van der Waals surface area contributed by atoms with Crippen LogP contribution in [0.5, 0.6) is 0 Å². The van der Waals surface area contributed by atoms with Crippen molar-refractivity contribution in [3.05, 3.63) is 107 Å². The van der Waals surface area contributed by atoms with Crippen molar-refractivity contribution < 1.29 is 14.0 Å². The van der Waals surface area contributed by atoms with Gasteiger partial charge in [-0.05, 0) is 47.9 Å². The monoisotopic (exact) mass is 523 g/mol. The maximum absolute atomic E-state index is 13.3. The highest BCUT2D eigenvalue weighted by Gasteiger charge is 2.17. The van der Waals surface area contributed by atoms with Crippen LogP contribution in [-0.4, -0.2) is 28.8 Å². The van der Waals surface area contributed by atoms with E-state index in [-0.39, 0.29) is 28.7 Å². The molecule has 0 bridgehead atoms. The van der Waals surface area contributed by atoms with Crippen molar-refractivity contribution in [3.8, 4) is 17.2 Å². The van der Waals surface area contributed by atoms with Crippen LogP contribution in [0.15, 0.2) is 73.1 Å². The second-order valence-corrected chi connectivity index (χ2v) is 8.77. The summed E-state index contributed by atoms with van der Waals surface area (Å²) in [4.78, 5) is 33.6. The lowest BCUT2D eigenvalue weighted by Crippen LogP contribution is -2.28. The van der Waals surface area contributed by atoms with Crippen molar-refractivity contribution in [2.75, 3.05) is 18.1 Å². The number of anilines is 2. The normalized spacial score (nSPS) is 11.2. The summed E-state index contributed by atoms with van der Waals surface area (Å²) in [6, 6.07) is 18.2. The zero-order valence-electron chi connectivity index (χ0n) is 21.3. The molecule has 196 valence electrons. The summed E-state index contributed by atoms with van der Waals surface area (Å²) >= 11 is 0. The molecule has 5 N–H and O–H groups in total. The molecule has 0 radical (unpaired) electrons. The van der Waals surface area contributed by atoms with Crippen LogP contribution >= 0.6 is 0 Å². The lowest BCUT2D eigenvalue weighted by Gasteiger charge is -2.16. The Morgan fingerprint density at radius 2 is 1.69 bits per heavy atom. The number of nitriles is 1. The third kappa shape index (κ3) is 6.34. The first-order valence-corrected chi connectivity index (χ1v) is 12.1. The molecule has 10 heteroatoms. The van der Waals surface area contributed by atoms with E-state index in [1.54, 1.807) is 31.3 Å². The van der Waals surface area contributed by atoms with Gasteiger partial charge in [-0.25, -0.2) is 14.4 Å². The number of rotatable bonds is 8. The number of aromatic nitrogens is 2. The lowest BCUT2D eigenvalue weighted by molar-refractivity contribution is 0.0937. The number of carbonyl (C=O) groups is 2. The molecule has 0 saturated carbocycles. The van der Waals surface area contributed by atoms with Gasteiger partial charge in [0.15, 0.2) is 0 Å². The van der Waals surface area contributed by atoms with E-state index in [0.29, 0.717) is 17.9 Å². The number of amides is 2. The van der Waals surface area contributed by atoms with E-state index in [0.717, 1.165) is 22.3 Å². The highest BCUT2D eigenvalue weighted by atomic mass is 19.1. The molecule has 0 saturated heterocycles. The SMILES string of the molecule is CNC(=O)c1cc(-c2ccc(CNc3ncc(C#N)cc3C(=O)N[C@@H](C)c3ccc(F)cc3)cc2)cnc1N. The maximum atomic E-state index is 13.3. The fourth-order valence-corrected chi connectivity index (χ4v) is 3.90. The summed E-state index contributed by atoms with van der Waals surface area (Å²) < 4.78 is 13.3. The second-order valence-electron chi connectivity index (χ2n) is 8.77. The van der Waals surface area contributed by atoms with Crippen molar-refractivity contribution in [1.29, 1.82) is 5.26 Å². The molecule has 2 aromatic carbocycles. The van der Waals surface area contributed by atoms with E-state index >= 15 is 0 Å². The zero-order chi connectivity index (χ0) is 27.9. The fourth-order valence-electron chi connectivity index (χ4n) is 3.90. The molecule has 0 aliphatic carbocycles. The molecule has 2 aromatic heterocycles. The highest BCUT2D eigenvalue weighted by molar-refractivity contribution is 6.00. The molecule has 0 unspecified atom stereocenters. The first kappa shape index (κ1) is 26.8. The van der Waals surface area contributed by atoms with E-state index in [9.17, 15) is 19.2 Å². The number of hydrogen-bond acceptors (Lipinski definition) is 7. The Balaban J connectivity index is 1.49. The maximum Gasteiger partial charge on any atom is 0.255 e. The molecule has 1 atom stereocenters. The lowest BCUT2D eigenvalue weighted by atomic mass is 10.0. The van der Waals surface area contributed by atoms with Gasteiger partial charge >= 0.3 is 0 Å². The number of halogens is 1. The Bertz CT molecular complexity index is 1550. The predicted octanol–water partition coefficient (Wildman–Crippen LogP) is 4.20. The summed E-state index contributed by atoms with van der Waals surface area (Å²) in [5, 5.41) is 17.9. The van der Waals surface area contributed by atoms with Crippen LogP contribution in [0.3, 0.4) is 0 Å². The molecule has 0 fully saturated rings. The van der Waals surface area contributed by atoms with Gasteiger partial charge in [0.2, 0.25) is 0 Å². The predicted molar refractivity (Wildman–Crippen MR) is 146 cm³/mol. The molecule has 2 amide bonds. The average Bonchev–Trinajstić information content (AvgIpc) is 2.96. The largest absolute Gasteiger partial charge is 0.383 e. The third-order valence-electron chi connectivity index (χ3n) is 6.12. The number of nitrogens with two attached hydrogens (primary N) is 1. The van der Waals surface area contributed by atoms with Crippen molar-refractivity contribution in [3.63, 3.8) is 0 Å². The Kier molecular flexibility index (Phi) is 8.12. The molecule has 2 heterocycles. The first-order valence-electron chi connectivity index (χ1n) is 12.1. The van der Waals surface area contributed by atoms with Crippen molar-refractivity contribution in [2.24, 2.45) is 0 Å². The van der Waals surface area contributed by atoms with Crippen LogP contribution in [-0.2, 0) is 6.54 Å². The summed E-state index contributed by atoms with van der Waals surface area (Å²) in [5.74, 6) is -0.622. The molecule has 0 spiro atoms. The molecule has 4 aromatic rings. The van der Waals surface area contributed by atoms with Gasteiger partial charge in [-0.3, -0.25) is 9.59 Å². The number of benzene rings is 2. The molecule has 39 heavy (non-hydrogen) atoms. The molecular formula is C29H26FN7O2. The Morgan fingerprint density at radius 3 is 2.36 bits per heavy atom. The van der Waals surface area contributed by atoms with Crippen LogP contribution in [0.1, 0.15) is 50.4 Å². The van der Waals surface area contributed by atoms with E-state index in [4.69, 9.17) is 5.73 Å². The van der Waals surface area contributed by atoms with Crippen molar-refractivity contribution in [2.45, 2.75) is 19.5 Å². The summed E-state index contributed by atoms with van der Waals surface area (Å²) in [5.41, 5.74) is 9.83. The zero-order valence-corrected chi connectivity index (χ0v) is 21.3. The van der Waals surface area contributed by atoms with Gasteiger partial charge in [0.05, 0.1) is 22.7 Å². The smallest absolute Gasteiger partial charge is 0.255 e. The minimum absolute atomic E-state index is 0.153. The van der Waals surface area contributed by atoms with Gasteiger partial charge in [0.1, 0.15) is 23.5 Å². The summed E-state index contributed by atoms with van der Waals surface area (Å²) in [6.45, 7) is 2.14. The van der Waals surface area contributed by atoms with Gasteiger partial charge in [-0.15, -0.1) is 0 Å². The Labute approximate surface area is 224 Å². The van der Waals surface area contributed by atoms with Crippen LogP contribution in [0.2, 0.25) is 0 Å². The number of carbonyl (C=O) groups excluding carboxylic acids is 2.